The number of aliphatic hydroxyl groups excluding tert-OH is 1. The molecule has 0 saturated carbocycles. The van der Waals surface area contributed by atoms with E-state index in [9.17, 15) is 14.7 Å². The Morgan fingerprint density at radius 1 is 1.52 bits per heavy atom. The molecule has 0 spiro atoms. The molecule has 1 aromatic rings. The van der Waals surface area contributed by atoms with Crippen LogP contribution in [0.1, 0.15) is 30.6 Å². The molecule has 1 aromatic carbocycles. The van der Waals surface area contributed by atoms with Gasteiger partial charge in [0.05, 0.1) is 19.2 Å². The zero-order chi connectivity index (χ0) is 15.0. The summed E-state index contributed by atoms with van der Waals surface area (Å²) in [6.45, 7) is 2.17. The summed E-state index contributed by atoms with van der Waals surface area (Å²) in [6, 6.07) is 5.64. The number of nitrogens with zero attached hydrogens (tertiary/aromatic N) is 1. The van der Waals surface area contributed by atoms with Crippen molar-refractivity contribution in [2.75, 3.05) is 18.0 Å². The van der Waals surface area contributed by atoms with E-state index in [0.29, 0.717) is 13.1 Å². The molecule has 2 atom stereocenters. The Labute approximate surface area is 122 Å². The Bertz CT molecular complexity index is 587. The molecule has 21 heavy (non-hydrogen) atoms. The van der Waals surface area contributed by atoms with E-state index in [4.69, 9.17) is 4.74 Å². The number of nitrogens with one attached hydrogen (secondary N) is 1. The third-order valence-electron chi connectivity index (χ3n) is 3.94. The highest BCUT2D eigenvalue weighted by atomic mass is 16.6. The van der Waals surface area contributed by atoms with Crippen molar-refractivity contribution in [3.63, 3.8) is 0 Å². The van der Waals surface area contributed by atoms with E-state index >= 15 is 0 Å². The number of aliphatic hydroxyl groups is 1. The van der Waals surface area contributed by atoms with Crippen molar-refractivity contribution in [3.05, 3.63) is 29.3 Å². The van der Waals surface area contributed by atoms with Gasteiger partial charge in [-0.1, -0.05) is 6.07 Å². The highest BCUT2D eigenvalue weighted by Crippen LogP contribution is 2.34. The highest BCUT2D eigenvalue weighted by molar-refractivity contribution is 5.90. The van der Waals surface area contributed by atoms with Crippen LogP contribution < -0.4 is 10.2 Å². The zero-order valence-corrected chi connectivity index (χ0v) is 11.8. The van der Waals surface area contributed by atoms with Crippen LogP contribution in [0.2, 0.25) is 0 Å². The number of amides is 2. The second-order valence-electron chi connectivity index (χ2n) is 5.49. The minimum absolute atomic E-state index is 0.143. The fourth-order valence-electron chi connectivity index (χ4n) is 2.85. The summed E-state index contributed by atoms with van der Waals surface area (Å²) in [7, 11) is 0. The first-order chi connectivity index (χ1) is 10.0. The lowest BCUT2D eigenvalue weighted by atomic mass is 10.1. The van der Waals surface area contributed by atoms with Crippen LogP contribution in [0.4, 0.5) is 10.5 Å². The van der Waals surface area contributed by atoms with Gasteiger partial charge in [-0.3, -0.25) is 9.69 Å². The fraction of sp³-hybridized carbons (Fsp3) is 0.467. The molecular weight excluding hydrogens is 272 g/mol. The molecule has 1 fully saturated rings. The third kappa shape index (κ3) is 2.71. The molecule has 2 unspecified atom stereocenters. The maximum Gasteiger partial charge on any atom is 0.414 e. The van der Waals surface area contributed by atoms with Crippen LogP contribution in [0.3, 0.4) is 0 Å². The van der Waals surface area contributed by atoms with Gasteiger partial charge in [0, 0.05) is 12.6 Å². The topological polar surface area (TPSA) is 78.9 Å². The van der Waals surface area contributed by atoms with Gasteiger partial charge < -0.3 is 15.2 Å². The second-order valence-corrected chi connectivity index (χ2v) is 5.49. The Morgan fingerprint density at radius 3 is 3.10 bits per heavy atom. The summed E-state index contributed by atoms with van der Waals surface area (Å²) in [5, 5.41) is 12.5. The molecule has 3 rings (SSSR count). The minimum Gasteiger partial charge on any atom is -0.442 e. The predicted octanol–water partition coefficient (Wildman–Crippen LogP) is 1.13. The first-order valence-electron chi connectivity index (χ1n) is 7.08. The smallest absolute Gasteiger partial charge is 0.414 e. The standard InChI is InChI=1S/C15H18N2O4/c1-9(18)16-7-12-8-17(15(20)21-12)11-3-4-13-10(6-11)2-5-14(13)19/h3-4,6,12,14,19H,2,5,7-8H2,1H3,(H,16,18). The summed E-state index contributed by atoms with van der Waals surface area (Å²) < 4.78 is 5.24. The quantitative estimate of drug-likeness (QED) is 0.874. The molecule has 1 aliphatic heterocycles. The normalized spacial score (nSPS) is 23.9. The maximum absolute atomic E-state index is 11.9. The number of rotatable bonds is 3. The van der Waals surface area contributed by atoms with Crippen molar-refractivity contribution >= 4 is 17.7 Å². The predicted molar refractivity (Wildman–Crippen MR) is 76.0 cm³/mol. The Kier molecular flexibility index (Phi) is 3.55. The molecule has 1 heterocycles. The number of benzene rings is 1. The van der Waals surface area contributed by atoms with Crippen molar-refractivity contribution in [3.8, 4) is 0 Å². The molecule has 6 heteroatoms. The van der Waals surface area contributed by atoms with Crippen molar-refractivity contribution in [2.45, 2.75) is 32.0 Å². The lowest BCUT2D eigenvalue weighted by Gasteiger charge is -2.15. The maximum atomic E-state index is 11.9. The minimum atomic E-state index is -0.399. The second kappa shape index (κ2) is 5.37. The average Bonchev–Trinajstić information content (AvgIpc) is 3.00. The van der Waals surface area contributed by atoms with Gasteiger partial charge in [-0.2, -0.15) is 0 Å². The molecule has 1 saturated heterocycles. The molecule has 2 amide bonds. The van der Waals surface area contributed by atoms with Crippen LogP contribution >= 0.6 is 0 Å². The number of fused-ring (bicyclic) bond motifs is 1. The fourth-order valence-corrected chi connectivity index (χ4v) is 2.85. The highest BCUT2D eigenvalue weighted by Gasteiger charge is 2.33. The molecule has 1 aliphatic carbocycles. The summed E-state index contributed by atoms with van der Waals surface area (Å²) in [5.41, 5.74) is 2.80. The van der Waals surface area contributed by atoms with Crippen LogP contribution in [0.25, 0.3) is 0 Å². The average molecular weight is 290 g/mol. The van der Waals surface area contributed by atoms with Crippen LogP contribution in [0.15, 0.2) is 18.2 Å². The van der Waals surface area contributed by atoms with E-state index in [1.807, 2.05) is 18.2 Å². The molecular formula is C15H18N2O4. The third-order valence-corrected chi connectivity index (χ3v) is 3.94. The largest absolute Gasteiger partial charge is 0.442 e. The van der Waals surface area contributed by atoms with Crippen molar-refractivity contribution in [2.24, 2.45) is 0 Å². The lowest BCUT2D eigenvalue weighted by molar-refractivity contribution is -0.119. The number of aryl methyl sites for hydroxylation is 1. The monoisotopic (exact) mass is 290 g/mol. The lowest BCUT2D eigenvalue weighted by Crippen LogP contribution is -2.33. The summed E-state index contributed by atoms with van der Waals surface area (Å²) >= 11 is 0. The van der Waals surface area contributed by atoms with E-state index in [1.165, 1.54) is 6.92 Å². The van der Waals surface area contributed by atoms with Gasteiger partial charge in [-0.15, -0.1) is 0 Å². The number of cyclic esters (lactones) is 1. The number of hydrogen-bond acceptors (Lipinski definition) is 4. The molecule has 0 radical (unpaired) electrons. The van der Waals surface area contributed by atoms with Gasteiger partial charge in [0.25, 0.3) is 0 Å². The van der Waals surface area contributed by atoms with Crippen molar-refractivity contribution in [1.29, 1.82) is 0 Å². The molecule has 0 aromatic heterocycles. The Balaban J connectivity index is 1.72. The first kappa shape index (κ1) is 13.9. The number of ether oxygens (including phenoxy) is 1. The molecule has 2 N–H and O–H groups in total. The number of carbonyl (C=O) groups excluding carboxylic acids is 2. The molecule has 112 valence electrons. The van der Waals surface area contributed by atoms with Crippen LogP contribution in [-0.4, -0.2) is 36.3 Å². The summed E-state index contributed by atoms with van der Waals surface area (Å²) in [6.07, 6.45) is 0.424. The van der Waals surface area contributed by atoms with Crippen LogP contribution in [-0.2, 0) is 16.0 Å². The van der Waals surface area contributed by atoms with Crippen molar-refractivity contribution in [1.82, 2.24) is 5.32 Å². The van der Waals surface area contributed by atoms with E-state index in [0.717, 1.165) is 29.7 Å². The Hall–Kier alpha value is -2.08. The summed E-state index contributed by atoms with van der Waals surface area (Å²) in [5.74, 6) is -0.143. The molecule has 6 nitrogen and oxygen atoms in total. The van der Waals surface area contributed by atoms with Crippen LogP contribution in [0.5, 0.6) is 0 Å². The number of carbonyl (C=O) groups is 2. The van der Waals surface area contributed by atoms with Gasteiger partial charge >= 0.3 is 6.09 Å². The van der Waals surface area contributed by atoms with Gasteiger partial charge in [0.1, 0.15) is 6.10 Å². The number of anilines is 1. The van der Waals surface area contributed by atoms with E-state index in [2.05, 4.69) is 5.32 Å². The van der Waals surface area contributed by atoms with Gasteiger partial charge in [-0.25, -0.2) is 4.79 Å². The molecule has 2 aliphatic rings. The molecule has 0 bridgehead atoms. The number of hydrogen-bond donors (Lipinski definition) is 2. The van der Waals surface area contributed by atoms with Crippen LogP contribution in [0, 0.1) is 0 Å². The van der Waals surface area contributed by atoms with E-state index in [-0.39, 0.29) is 12.0 Å². The van der Waals surface area contributed by atoms with E-state index in [1.54, 1.807) is 4.90 Å². The van der Waals surface area contributed by atoms with E-state index < -0.39 is 12.2 Å². The van der Waals surface area contributed by atoms with Gasteiger partial charge in [-0.05, 0) is 36.1 Å². The van der Waals surface area contributed by atoms with Gasteiger partial charge in [0.2, 0.25) is 5.91 Å². The SMILES string of the molecule is CC(=O)NCC1CN(c2ccc3c(c2)CCC3O)C(=O)O1. The van der Waals surface area contributed by atoms with Crippen molar-refractivity contribution < 1.29 is 19.4 Å². The zero-order valence-electron chi connectivity index (χ0n) is 11.8. The summed E-state index contributed by atoms with van der Waals surface area (Å²) in [4.78, 5) is 24.4. The first-order valence-corrected chi connectivity index (χ1v) is 7.08. The van der Waals surface area contributed by atoms with Gasteiger partial charge in [0.15, 0.2) is 0 Å². The Morgan fingerprint density at radius 2 is 2.33 bits per heavy atom.